The molecule has 2 rings (SSSR count). The molecule has 1 aromatic rings. The van der Waals surface area contributed by atoms with Crippen LogP contribution in [0.15, 0.2) is 39.2 Å². The fraction of sp³-hybridized carbons (Fsp3) is 0.308. The van der Waals surface area contributed by atoms with E-state index in [1.807, 2.05) is 23.1 Å². The predicted molar refractivity (Wildman–Crippen MR) is 75.7 cm³/mol. The SMILES string of the molecule is CC1=CCN(C(=O)c2ccc(Br)cc2S)CC1. The first-order chi connectivity index (χ1) is 8.08. The summed E-state index contributed by atoms with van der Waals surface area (Å²) in [7, 11) is 0. The molecule has 1 amide bonds. The number of nitrogens with zero attached hydrogens (tertiary/aromatic N) is 1. The van der Waals surface area contributed by atoms with E-state index in [1.54, 1.807) is 0 Å². The van der Waals surface area contributed by atoms with Crippen molar-refractivity contribution in [3.05, 3.63) is 39.9 Å². The maximum atomic E-state index is 12.3. The van der Waals surface area contributed by atoms with Gasteiger partial charge >= 0.3 is 0 Å². The van der Waals surface area contributed by atoms with Gasteiger partial charge in [-0.1, -0.05) is 27.6 Å². The van der Waals surface area contributed by atoms with Gasteiger partial charge in [0.2, 0.25) is 0 Å². The Balaban J connectivity index is 2.20. The monoisotopic (exact) mass is 311 g/mol. The molecule has 0 saturated heterocycles. The van der Waals surface area contributed by atoms with Crippen molar-refractivity contribution in [1.29, 1.82) is 0 Å². The van der Waals surface area contributed by atoms with Crippen LogP contribution in [0.4, 0.5) is 0 Å². The smallest absolute Gasteiger partial charge is 0.255 e. The van der Waals surface area contributed by atoms with Gasteiger partial charge in [0, 0.05) is 22.5 Å². The third-order valence-electron chi connectivity index (χ3n) is 2.91. The molecule has 1 heterocycles. The lowest BCUT2D eigenvalue weighted by molar-refractivity contribution is 0.0765. The number of carbonyl (C=O) groups excluding carboxylic acids is 1. The Morgan fingerprint density at radius 3 is 2.82 bits per heavy atom. The van der Waals surface area contributed by atoms with Crippen LogP contribution in [0, 0.1) is 0 Å². The van der Waals surface area contributed by atoms with E-state index in [4.69, 9.17) is 0 Å². The number of hydrogen-bond acceptors (Lipinski definition) is 2. The zero-order chi connectivity index (χ0) is 12.4. The summed E-state index contributed by atoms with van der Waals surface area (Å²) < 4.78 is 0.938. The number of carbonyl (C=O) groups is 1. The van der Waals surface area contributed by atoms with Crippen molar-refractivity contribution in [2.24, 2.45) is 0 Å². The Morgan fingerprint density at radius 1 is 1.47 bits per heavy atom. The summed E-state index contributed by atoms with van der Waals surface area (Å²) in [5.41, 5.74) is 2.03. The number of thiol groups is 1. The van der Waals surface area contributed by atoms with Crippen LogP contribution in [0.3, 0.4) is 0 Å². The lowest BCUT2D eigenvalue weighted by Gasteiger charge is -2.26. The van der Waals surface area contributed by atoms with Crippen molar-refractivity contribution >= 4 is 34.5 Å². The van der Waals surface area contributed by atoms with Crippen molar-refractivity contribution in [1.82, 2.24) is 4.90 Å². The number of halogens is 1. The second-order valence-electron chi connectivity index (χ2n) is 4.21. The van der Waals surface area contributed by atoms with Gasteiger partial charge in [-0.2, -0.15) is 0 Å². The average Bonchev–Trinajstić information content (AvgIpc) is 2.29. The van der Waals surface area contributed by atoms with Crippen LogP contribution in [0.1, 0.15) is 23.7 Å². The first kappa shape index (κ1) is 12.7. The highest BCUT2D eigenvalue weighted by atomic mass is 79.9. The molecule has 0 unspecified atom stereocenters. The van der Waals surface area contributed by atoms with E-state index < -0.39 is 0 Å². The molecule has 0 radical (unpaired) electrons. The molecular weight excluding hydrogens is 298 g/mol. The third-order valence-corrected chi connectivity index (χ3v) is 3.78. The summed E-state index contributed by atoms with van der Waals surface area (Å²) in [4.78, 5) is 14.8. The molecule has 0 aromatic heterocycles. The highest BCUT2D eigenvalue weighted by Gasteiger charge is 2.19. The minimum absolute atomic E-state index is 0.0613. The Kier molecular flexibility index (Phi) is 3.94. The Morgan fingerprint density at radius 2 is 2.24 bits per heavy atom. The minimum Gasteiger partial charge on any atom is -0.335 e. The third kappa shape index (κ3) is 2.93. The maximum absolute atomic E-state index is 12.3. The van der Waals surface area contributed by atoms with Gasteiger partial charge in [0.05, 0.1) is 5.56 Å². The number of rotatable bonds is 1. The van der Waals surface area contributed by atoms with Crippen molar-refractivity contribution in [3.63, 3.8) is 0 Å². The molecule has 0 aliphatic carbocycles. The summed E-state index contributed by atoms with van der Waals surface area (Å²) in [5.74, 6) is 0.0613. The van der Waals surface area contributed by atoms with Crippen LogP contribution in [-0.2, 0) is 0 Å². The van der Waals surface area contributed by atoms with Gasteiger partial charge < -0.3 is 4.90 Å². The minimum atomic E-state index is 0.0613. The second-order valence-corrected chi connectivity index (χ2v) is 5.61. The fourth-order valence-electron chi connectivity index (χ4n) is 1.81. The normalized spacial score (nSPS) is 15.7. The van der Waals surface area contributed by atoms with Gasteiger partial charge in [-0.05, 0) is 31.5 Å². The van der Waals surface area contributed by atoms with Gasteiger partial charge in [0.1, 0.15) is 0 Å². The molecule has 0 spiro atoms. The van der Waals surface area contributed by atoms with Crippen LogP contribution < -0.4 is 0 Å². The quantitative estimate of drug-likeness (QED) is 0.621. The van der Waals surface area contributed by atoms with Gasteiger partial charge in [-0.15, -0.1) is 12.6 Å². The number of benzene rings is 1. The van der Waals surface area contributed by atoms with Crippen molar-refractivity contribution < 1.29 is 4.79 Å². The summed E-state index contributed by atoms with van der Waals surface area (Å²) >= 11 is 7.72. The van der Waals surface area contributed by atoms with E-state index in [1.165, 1.54) is 5.57 Å². The van der Waals surface area contributed by atoms with Crippen LogP contribution >= 0.6 is 28.6 Å². The van der Waals surface area contributed by atoms with Gasteiger partial charge in [0.15, 0.2) is 0 Å². The van der Waals surface area contributed by atoms with Crippen LogP contribution in [0.2, 0.25) is 0 Å². The largest absolute Gasteiger partial charge is 0.335 e. The molecule has 2 nitrogen and oxygen atoms in total. The molecule has 0 atom stereocenters. The van der Waals surface area contributed by atoms with Crippen molar-refractivity contribution in [2.45, 2.75) is 18.2 Å². The summed E-state index contributed by atoms with van der Waals surface area (Å²) in [6.07, 6.45) is 3.07. The van der Waals surface area contributed by atoms with Crippen molar-refractivity contribution in [3.8, 4) is 0 Å². The zero-order valence-corrected chi connectivity index (χ0v) is 12.1. The van der Waals surface area contributed by atoms with Crippen LogP contribution in [0.25, 0.3) is 0 Å². The molecule has 90 valence electrons. The summed E-state index contributed by atoms with van der Waals surface area (Å²) in [6, 6.07) is 5.54. The molecule has 0 fully saturated rings. The Bertz CT molecular complexity index is 484. The fourth-order valence-corrected chi connectivity index (χ4v) is 2.66. The van der Waals surface area contributed by atoms with E-state index in [0.717, 1.165) is 22.3 Å². The Hall–Kier alpha value is -0.740. The molecule has 0 bridgehead atoms. The predicted octanol–water partition coefficient (Wildman–Crippen LogP) is 3.53. The molecule has 1 aromatic carbocycles. The summed E-state index contributed by atoms with van der Waals surface area (Å²) in [5, 5.41) is 0. The molecule has 1 aliphatic rings. The molecular formula is C13H14BrNOS. The van der Waals surface area contributed by atoms with E-state index in [2.05, 4.69) is 41.6 Å². The Labute approximate surface area is 115 Å². The van der Waals surface area contributed by atoms with E-state index in [-0.39, 0.29) is 5.91 Å². The molecule has 0 N–H and O–H groups in total. The van der Waals surface area contributed by atoms with Crippen molar-refractivity contribution in [2.75, 3.05) is 13.1 Å². The van der Waals surface area contributed by atoms with E-state index in [0.29, 0.717) is 12.1 Å². The summed E-state index contributed by atoms with van der Waals surface area (Å²) in [6.45, 7) is 3.60. The average molecular weight is 312 g/mol. The first-order valence-corrected chi connectivity index (χ1v) is 6.75. The lowest BCUT2D eigenvalue weighted by atomic mass is 10.1. The van der Waals surface area contributed by atoms with Crippen LogP contribution in [0.5, 0.6) is 0 Å². The molecule has 1 aliphatic heterocycles. The first-order valence-electron chi connectivity index (χ1n) is 5.51. The topological polar surface area (TPSA) is 20.3 Å². The van der Waals surface area contributed by atoms with Gasteiger partial charge in [0.25, 0.3) is 5.91 Å². The molecule has 17 heavy (non-hydrogen) atoms. The highest BCUT2D eigenvalue weighted by molar-refractivity contribution is 9.10. The van der Waals surface area contributed by atoms with Gasteiger partial charge in [-0.3, -0.25) is 4.79 Å². The number of amides is 1. The zero-order valence-electron chi connectivity index (χ0n) is 9.61. The van der Waals surface area contributed by atoms with E-state index in [9.17, 15) is 4.79 Å². The molecule has 4 heteroatoms. The number of hydrogen-bond donors (Lipinski definition) is 1. The highest BCUT2D eigenvalue weighted by Crippen LogP contribution is 2.22. The van der Waals surface area contributed by atoms with Gasteiger partial charge in [-0.25, -0.2) is 0 Å². The van der Waals surface area contributed by atoms with E-state index >= 15 is 0 Å². The lowest BCUT2D eigenvalue weighted by Crippen LogP contribution is -2.34. The van der Waals surface area contributed by atoms with Crippen LogP contribution in [-0.4, -0.2) is 23.9 Å². The second kappa shape index (κ2) is 5.27. The standard InChI is InChI=1S/C13H14BrNOS/c1-9-4-6-15(7-5-9)13(16)11-3-2-10(14)8-12(11)17/h2-4,8,17H,5-7H2,1H3. The maximum Gasteiger partial charge on any atom is 0.255 e. The molecule has 0 saturated carbocycles.